The number of anilines is 2. The molecular formula is C20H31N3O. The zero-order valence-electron chi connectivity index (χ0n) is 15.3. The predicted molar refractivity (Wildman–Crippen MR) is 99.9 cm³/mol. The van der Waals surface area contributed by atoms with E-state index in [0.29, 0.717) is 11.3 Å². The molecule has 2 aliphatic rings. The standard InChI is InChI=1S/C18H25N3O.C2H6/c1-17(6-2-7-18(12-17)8-3-9-22-18)13-21-16-10-14(11-19)4-5-15(16)20;1-2/h4-5,10,21H,2-3,6-9,12-13,20H2,1H3;1-2H3/t17-,18?;/m0./s1. The number of benzene rings is 1. The highest BCUT2D eigenvalue weighted by Crippen LogP contribution is 2.47. The van der Waals surface area contributed by atoms with Gasteiger partial charge in [0.25, 0.3) is 0 Å². The first kappa shape index (κ1) is 18.6. The summed E-state index contributed by atoms with van der Waals surface area (Å²) in [4.78, 5) is 0. The lowest BCUT2D eigenvalue weighted by Crippen LogP contribution is -2.42. The summed E-state index contributed by atoms with van der Waals surface area (Å²) in [6, 6.07) is 7.55. The van der Waals surface area contributed by atoms with E-state index in [0.717, 1.165) is 25.3 Å². The van der Waals surface area contributed by atoms with Crippen LogP contribution in [0.1, 0.15) is 64.9 Å². The number of nitrogens with two attached hydrogens (primary N) is 1. The molecule has 1 aromatic rings. The molecular weight excluding hydrogens is 298 g/mol. The topological polar surface area (TPSA) is 71.1 Å². The molecule has 24 heavy (non-hydrogen) atoms. The largest absolute Gasteiger partial charge is 0.397 e. The van der Waals surface area contributed by atoms with Crippen molar-refractivity contribution in [2.45, 2.75) is 64.9 Å². The van der Waals surface area contributed by atoms with Crippen LogP contribution in [0.15, 0.2) is 18.2 Å². The van der Waals surface area contributed by atoms with Gasteiger partial charge in [-0.1, -0.05) is 20.8 Å². The Kier molecular flexibility index (Phi) is 6.12. The van der Waals surface area contributed by atoms with E-state index in [1.807, 2.05) is 19.9 Å². The third-order valence-electron chi connectivity index (χ3n) is 5.23. The minimum atomic E-state index is 0.120. The van der Waals surface area contributed by atoms with Gasteiger partial charge in [-0.3, -0.25) is 0 Å². The summed E-state index contributed by atoms with van der Waals surface area (Å²) >= 11 is 0. The van der Waals surface area contributed by atoms with E-state index in [2.05, 4.69) is 18.3 Å². The average Bonchev–Trinajstić information content (AvgIpc) is 3.03. The maximum absolute atomic E-state index is 9.02. The Morgan fingerprint density at radius 1 is 1.25 bits per heavy atom. The highest BCUT2D eigenvalue weighted by molar-refractivity contribution is 5.68. The van der Waals surface area contributed by atoms with E-state index in [-0.39, 0.29) is 11.0 Å². The number of nitrogens with one attached hydrogen (secondary N) is 1. The Morgan fingerprint density at radius 3 is 2.67 bits per heavy atom. The van der Waals surface area contributed by atoms with E-state index < -0.39 is 0 Å². The van der Waals surface area contributed by atoms with Crippen LogP contribution in [0.25, 0.3) is 0 Å². The Hall–Kier alpha value is -1.73. The molecule has 132 valence electrons. The first-order valence-corrected chi connectivity index (χ1v) is 9.22. The number of rotatable bonds is 3. The molecule has 1 unspecified atom stereocenters. The number of nitrogen functional groups attached to an aromatic ring is 1. The van der Waals surface area contributed by atoms with Gasteiger partial charge in [0, 0.05) is 13.2 Å². The first-order chi connectivity index (χ1) is 11.5. The fourth-order valence-corrected chi connectivity index (χ4v) is 4.12. The van der Waals surface area contributed by atoms with Crippen LogP contribution in [0.5, 0.6) is 0 Å². The fraction of sp³-hybridized carbons (Fsp3) is 0.650. The van der Waals surface area contributed by atoms with Gasteiger partial charge in [0.05, 0.1) is 28.6 Å². The lowest BCUT2D eigenvalue weighted by molar-refractivity contribution is -0.0600. The molecule has 1 saturated carbocycles. The molecule has 1 aromatic carbocycles. The summed E-state index contributed by atoms with van der Waals surface area (Å²) in [7, 11) is 0. The van der Waals surface area contributed by atoms with Crippen molar-refractivity contribution >= 4 is 11.4 Å². The van der Waals surface area contributed by atoms with Crippen molar-refractivity contribution in [1.29, 1.82) is 5.26 Å². The highest BCUT2D eigenvalue weighted by atomic mass is 16.5. The lowest BCUT2D eigenvalue weighted by Gasteiger charge is -2.44. The molecule has 1 aliphatic carbocycles. The molecule has 3 rings (SSSR count). The summed E-state index contributed by atoms with van der Waals surface area (Å²) in [5.41, 5.74) is 8.57. The molecule has 1 saturated heterocycles. The number of nitriles is 1. The van der Waals surface area contributed by atoms with Gasteiger partial charge < -0.3 is 15.8 Å². The number of nitrogens with zero attached hydrogens (tertiary/aromatic N) is 1. The highest BCUT2D eigenvalue weighted by Gasteiger charge is 2.44. The van der Waals surface area contributed by atoms with Crippen LogP contribution < -0.4 is 11.1 Å². The van der Waals surface area contributed by atoms with Gasteiger partial charge >= 0.3 is 0 Å². The molecule has 4 nitrogen and oxygen atoms in total. The molecule has 0 amide bonds. The SMILES string of the molecule is CC.C[C@]1(CNc2cc(C#N)ccc2N)CCCC2(CCCO2)C1. The zero-order chi connectivity index (χ0) is 17.6. The maximum Gasteiger partial charge on any atom is 0.0992 e. The molecule has 0 bridgehead atoms. The summed E-state index contributed by atoms with van der Waals surface area (Å²) in [6.45, 7) is 8.13. The molecule has 2 atom stereocenters. The Labute approximate surface area is 146 Å². The van der Waals surface area contributed by atoms with Gasteiger partial charge in [-0.25, -0.2) is 0 Å². The Bertz CT molecular complexity index is 587. The minimum absolute atomic E-state index is 0.120. The van der Waals surface area contributed by atoms with Gasteiger partial charge in [0.15, 0.2) is 0 Å². The van der Waals surface area contributed by atoms with Crippen LogP contribution in [0.3, 0.4) is 0 Å². The van der Waals surface area contributed by atoms with Crippen molar-refractivity contribution in [1.82, 2.24) is 0 Å². The molecule has 1 spiro atoms. The predicted octanol–water partition coefficient (Wildman–Crippen LogP) is 4.71. The normalized spacial score (nSPS) is 28.8. The average molecular weight is 329 g/mol. The van der Waals surface area contributed by atoms with Gasteiger partial charge in [-0.2, -0.15) is 5.26 Å². The smallest absolute Gasteiger partial charge is 0.0992 e. The minimum Gasteiger partial charge on any atom is -0.397 e. The van der Waals surface area contributed by atoms with E-state index in [1.54, 1.807) is 12.1 Å². The van der Waals surface area contributed by atoms with Crippen molar-refractivity contribution in [2.24, 2.45) is 5.41 Å². The van der Waals surface area contributed by atoms with Crippen LogP contribution in [-0.2, 0) is 4.74 Å². The lowest BCUT2D eigenvalue weighted by atomic mass is 9.67. The zero-order valence-corrected chi connectivity index (χ0v) is 15.3. The van der Waals surface area contributed by atoms with Crippen LogP contribution in [0.2, 0.25) is 0 Å². The van der Waals surface area contributed by atoms with Gasteiger partial charge in [0.2, 0.25) is 0 Å². The van der Waals surface area contributed by atoms with Crippen LogP contribution >= 0.6 is 0 Å². The maximum atomic E-state index is 9.02. The van der Waals surface area contributed by atoms with Crippen molar-refractivity contribution in [3.05, 3.63) is 23.8 Å². The molecule has 0 aromatic heterocycles. The second kappa shape index (κ2) is 7.90. The van der Waals surface area contributed by atoms with Gasteiger partial charge in [-0.15, -0.1) is 0 Å². The Morgan fingerprint density at radius 2 is 2.00 bits per heavy atom. The molecule has 4 heteroatoms. The van der Waals surface area contributed by atoms with Gasteiger partial charge in [-0.05, 0) is 62.1 Å². The molecule has 1 aliphatic heterocycles. The van der Waals surface area contributed by atoms with Gasteiger partial charge in [0.1, 0.15) is 0 Å². The molecule has 2 fully saturated rings. The van der Waals surface area contributed by atoms with E-state index in [4.69, 9.17) is 15.7 Å². The molecule has 1 heterocycles. The third-order valence-corrected chi connectivity index (χ3v) is 5.23. The van der Waals surface area contributed by atoms with E-state index in [9.17, 15) is 0 Å². The van der Waals surface area contributed by atoms with Crippen LogP contribution in [0, 0.1) is 16.7 Å². The number of hydrogen-bond acceptors (Lipinski definition) is 4. The number of ether oxygens (including phenoxy) is 1. The summed E-state index contributed by atoms with van der Waals surface area (Å²) in [5, 5.41) is 12.5. The summed E-state index contributed by atoms with van der Waals surface area (Å²) in [5.74, 6) is 0. The summed E-state index contributed by atoms with van der Waals surface area (Å²) < 4.78 is 6.09. The third kappa shape index (κ3) is 4.21. The van der Waals surface area contributed by atoms with Crippen LogP contribution in [0.4, 0.5) is 11.4 Å². The fourth-order valence-electron chi connectivity index (χ4n) is 4.12. The Balaban J connectivity index is 0.00000100. The monoisotopic (exact) mass is 329 g/mol. The van der Waals surface area contributed by atoms with Crippen molar-refractivity contribution in [3.63, 3.8) is 0 Å². The first-order valence-electron chi connectivity index (χ1n) is 9.22. The number of hydrogen-bond donors (Lipinski definition) is 2. The second-order valence-corrected chi connectivity index (χ2v) is 7.24. The van der Waals surface area contributed by atoms with E-state index >= 15 is 0 Å². The van der Waals surface area contributed by atoms with Crippen molar-refractivity contribution < 1.29 is 4.74 Å². The van der Waals surface area contributed by atoms with E-state index in [1.165, 1.54) is 32.1 Å². The second-order valence-electron chi connectivity index (χ2n) is 7.24. The summed E-state index contributed by atoms with van der Waals surface area (Å²) in [6.07, 6.45) is 7.16. The van der Waals surface area contributed by atoms with Crippen molar-refractivity contribution in [2.75, 3.05) is 24.2 Å². The van der Waals surface area contributed by atoms with Crippen molar-refractivity contribution in [3.8, 4) is 6.07 Å². The van der Waals surface area contributed by atoms with Crippen LogP contribution in [-0.4, -0.2) is 18.8 Å². The quantitative estimate of drug-likeness (QED) is 0.788. The molecule has 3 N–H and O–H groups in total. The molecule has 0 radical (unpaired) electrons.